The lowest BCUT2D eigenvalue weighted by Gasteiger charge is -2.33. The van der Waals surface area contributed by atoms with Crippen molar-refractivity contribution in [1.82, 2.24) is 19.1 Å². The van der Waals surface area contributed by atoms with Crippen molar-refractivity contribution >= 4 is 34.9 Å². The van der Waals surface area contributed by atoms with Gasteiger partial charge >= 0.3 is 29.6 Å². The lowest BCUT2D eigenvalue weighted by molar-refractivity contribution is -0.193. The number of carbonyl (C=O) groups is 4. The van der Waals surface area contributed by atoms with Crippen molar-refractivity contribution in [2.75, 3.05) is 13.2 Å². The van der Waals surface area contributed by atoms with Crippen LogP contribution in [0, 0.1) is 13.8 Å². The zero-order chi connectivity index (χ0) is 38.4. The molecule has 0 saturated heterocycles. The Kier molecular flexibility index (Phi) is 16.4. The van der Waals surface area contributed by atoms with Crippen LogP contribution in [0.4, 0.5) is 0 Å². The SMILES string of the molecule is CCCC(=O)OC[C@H](OC(=O)CCC)[C@H](OC(=O)CCC)[C@@H](Cn1c2nc(=O)n(CCCCO)c(=O)c-2nc2cc(C)c(C)cc21)OC(=O)CCC. The van der Waals surface area contributed by atoms with Crippen LogP contribution >= 0.6 is 0 Å². The highest BCUT2D eigenvalue weighted by Gasteiger charge is 2.40. The maximum Gasteiger partial charge on any atom is 0.352 e. The summed E-state index contributed by atoms with van der Waals surface area (Å²) < 4.78 is 25.7. The van der Waals surface area contributed by atoms with Gasteiger partial charge in [0, 0.05) is 38.8 Å². The molecule has 3 rings (SSSR count). The third kappa shape index (κ3) is 11.2. The minimum atomic E-state index is -1.49. The van der Waals surface area contributed by atoms with Crippen molar-refractivity contribution in [1.29, 1.82) is 0 Å². The zero-order valence-electron chi connectivity index (χ0n) is 31.1. The van der Waals surface area contributed by atoms with Crippen molar-refractivity contribution in [3.63, 3.8) is 0 Å². The first kappa shape index (κ1) is 41.8. The summed E-state index contributed by atoms with van der Waals surface area (Å²) in [5.74, 6) is -2.64. The number of aryl methyl sites for hydroxylation is 2. The lowest BCUT2D eigenvalue weighted by Crippen LogP contribution is -2.50. The molecule has 0 radical (unpaired) electrons. The predicted octanol–water partition coefficient (Wildman–Crippen LogP) is 3.93. The summed E-state index contributed by atoms with van der Waals surface area (Å²) in [7, 11) is 0. The van der Waals surface area contributed by atoms with E-state index in [1.807, 2.05) is 13.8 Å². The Morgan fingerprint density at radius 2 is 1.29 bits per heavy atom. The Morgan fingerprint density at radius 1 is 0.731 bits per heavy atom. The monoisotopic (exact) mass is 728 g/mol. The van der Waals surface area contributed by atoms with Gasteiger partial charge < -0.3 is 28.6 Å². The number of unbranched alkanes of at least 4 members (excludes halogenated alkanes) is 1. The summed E-state index contributed by atoms with van der Waals surface area (Å²) in [5, 5.41) is 9.25. The summed E-state index contributed by atoms with van der Waals surface area (Å²) in [6.07, 6.45) is -1.66. The molecule has 52 heavy (non-hydrogen) atoms. The molecule has 15 heteroatoms. The number of aliphatic hydroxyl groups excluding tert-OH is 1. The third-order valence-electron chi connectivity index (χ3n) is 8.41. The van der Waals surface area contributed by atoms with Crippen molar-refractivity contribution in [2.45, 2.75) is 137 Å². The van der Waals surface area contributed by atoms with Gasteiger partial charge in [0.2, 0.25) is 0 Å². The molecule has 2 heterocycles. The average molecular weight is 729 g/mol. The molecule has 1 aromatic rings. The molecule has 2 aliphatic rings. The molecule has 0 aromatic heterocycles. The van der Waals surface area contributed by atoms with E-state index in [0.717, 1.165) is 15.7 Å². The normalized spacial score (nSPS) is 13.1. The largest absolute Gasteiger partial charge is 0.462 e. The van der Waals surface area contributed by atoms with Crippen LogP contribution in [-0.4, -0.2) is 79.6 Å². The van der Waals surface area contributed by atoms with Gasteiger partial charge in [0.15, 0.2) is 29.8 Å². The molecular weight excluding hydrogens is 676 g/mol. The number of esters is 4. The van der Waals surface area contributed by atoms with Gasteiger partial charge in [0.05, 0.1) is 17.6 Å². The molecule has 1 aromatic carbocycles. The molecule has 0 spiro atoms. The quantitative estimate of drug-likeness (QED) is 0.0718. The number of hydrogen-bond acceptors (Lipinski definition) is 13. The fourth-order valence-electron chi connectivity index (χ4n) is 5.60. The van der Waals surface area contributed by atoms with Crippen LogP contribution in [0.3, 0.4) is 0 Å². The number of aromatic nitrogens is 4. The second kappa shape index (κ2) is 20.4. The average Bonchev–Trinajstić information content (AvgIpc) is 3.08. The maximum absolute atomic E-state index is 13.8. The highest BCUT2D eigenvalue weighted by Crippen LogP contribution is 2.27. The third-order valence-corrected chi connectivity index (χ3v) is 8.41. The van der Waals surface area contributed by atoms with Crippen LogP contribution in [0.2, 0.25) is 0 Å². The second-order valence-electron chi connectivity index (χ2n) is 12.8. The Balaban J connectivity index is 2.34. The van der Waals surface area contributed by atoms with E-state index in [9.17, 15) is 33.9 Å². The number of carbonyl (C=O) groups excluding carboxylic acids is 4. The molecule has 15 nitrogen and oxygen atoms in total. The number of ether oxygens (including phenoxy) is 4. The van der Waals surface area contributed by atoms with Gasteiger partial charge in [-0.25, -0.2) is 9.78 Å². The first-order chi connectivity index (χ1) is 24.9. The van der Waals surface area contributed by atoms with Crippen molar-refractivity contribution < 1.29 is 43.2 Å². The van der Waals surface area contributed by atoms with Crippen LogP contribution in [0.1, 0.15) is 103 Å². The van der Waals surface area contributed by atoms with E-state index < -0.39 is 60.0 Å². The number of aliphatic hydroxyl groups is 1. The molecule has 3 atom stereocenters. The van der Waals surface area contributed by atoms with Crippen LogP contribution < -0.4 is 11.2 Å². The van der Waals surface area contributed by atoms with Gasteiger partial charge in [-0.3, -0.25) is 28.5 Å². The van der Waals surface area contributed by atoms with Crippen molar-refractivity contribution in [3.8, 4) is 11.5 Å². The summed E-state index contributed by atoms with van der Waals surface area (Å²) in [6, 6.07) is 3.57. The summed E-state index contributed by atoms with van der Waals surface area (Å²) in [4.78, 5) is 87.9. The second-order valence-corrected chi connectivity index (χ2v) is 12.8. The van der Waals surface area contributed by atoms with E-state index in [1.54, 1.807) is 39.8 Å². The molecule has 1 N–H and O–H groups in total. The molecule has 0 bridgehead atoms. The van der Waals surface area contributed by atoms with Crippen molar-refractivity contribution in [3.05, 3.63) is 44.1 Å². The van der Waals surface area contributed by atoms with Crippen LogP contribution in [0.15, 0.2) is 21.7 Å². The highest BCUT2D eigenvalue weighted by atomic mass is 16.6. The first-order valence-corrected chi connectivity index (χ1v) is 18.2. The van der Waals surface area contributed by atoms with Crippen molar-refractivity contribution in [2.24, 2.45) is 0 Å². The molecule has 0 fully saturated rings. The van der Waals surface area contributed by atoms with E-state index in [2.05, 4.69) is 9.97 Å². The van der Waals surface area contributed by atoms with Gasteiger partial charge in [-0.2, -0.15) is 4.98 Å². The minimum absolute atomic E-state index is 0.000216. The molecule has 0 aliphatic carbocycles. The van der Waals surface area contributed by atoms with E-state index in [1.165, 1.54) is 4.57 Å². The highest BCUT2D eigenvalue weighted by molar-refractivity contribution is 5.81. The van der Waals surface area contributed by atoms with Gasteiger partial charge in [0.25, 0.3) is 5.56 Å². The van der Waals surface area contributed by atoms with Gasteiger partial charge in [-0.05, 0) is 75.6 Å². The van der Waals surface area contributed by atoms with Crippen LogP contribution in [0.5, 0.6) is 0 Å². The maximum atomic E-state index is 13.8. The Labute approximate surface area is 303 Å². The Bertz CT molecular complexity index is 1780. The molecule has 0 saturated carbocycles. The number of nitrogens with zero attached hydrogens (tertiary/aromatic N) is 4. The molecule has 0 amide bonds. The van der Waals surface area contributed by atoms with E-state index >= 15 is 0 Å². The summed E-state index contributed by atoms with van der Waals surface area (Å²) in [5.41, 5.74) is 0.877. The van der Waals surface area contributed by atoms with Gasteiger partial charge in [-0.1, -0.05) is 27.7 Å². The number of rotatable bonds is 21. The minimum Gasteiger partial charge on any atom is -0.462 e. The standard InChI is InChI=1S/C37H52N4O11/c1-7-13-29(43)49-22-28(51-31(45)15-9-3)34(52-32(46)16-10-4)27(50-30(44)14-8-2)21-41-26-20-24(6)23(5)19-25(26)38-33-35(41)39-37(48)40(36(33)47)17-11-12-18-42/h19-20,27-28,34,42H,7-18,21-22H2,1-6H3/t27-,28+,34-/m1/s1. The van der Waals surface area contributed by atoms with E-state index in [-0.39, 0.29) is 56.9 Å². The summed E-state index contributed by atoms with van der Waals surface area (Å²) >= 11 is 0. The Morgan fingerprint density at radius 3 is 1.88 bits per heavy atom. The Hall–Kier alpha value is -4.66. The van der Waals surface area contributed by atoms with Crippen LogP contribution in [0.25, 0.3) is 22.6 Å². The number of hydrogen-bond donors (Lipinski definition) is 1. The van der Waals surface area contributed by atoms with Gasteiger partial charge in [0.1, 0.15) is 6.61 Å². The summed E-state index contributed by atoms with van der Waals surface area (Å²) in [6.45, 7) is 9.97. The molecule has 0 unspecified atom stereocenters. The van der Waals surface area contributed by atoms with Gasteiger partial charge in [-0.15, -0.1) is 0 Å². The molecule has 286 valence electrons. The van der Waals surface area contributed by atoms with Crippen LogP contribution in [-0.2, 0) is 51.2 Å². The predicted molar refractivity (Wildman–Crippen MR) is 191 cm³/mol. The topological polar surface area (TPSA) is 195 Å². The smallest absolute Gasteiger partial charge is 0.352 e. The number of fused-ring (bicyclic) bond motifs is 2. The lowest BCUT2D eigenvalue weighted by atomic mass is 10.0. The fourth-order valence-corrected chi connectivity index (χ4v) is 5.60. The molecular formula is C37H52N4O11. The molecule has 2 aliphatic heterocycles. The first-order valence-electron chi connectivity index (χ1n) is 18.2. The van der Waals surface area contributed by atoms with E-state index in [0.29, 0.717) is 49.6 Å². The fraction of sp³-hybridized carbons (Fsp3) is 0.622. The van der Waals surface area contributed by atoms with E-state index in [4.69, 9.17) is 18.9 Å². The zero-order valence-corrected chi connectivity index (χ0v) is 31.1. The number of benzene rings is 1.